The van der Waals surface area contributed by atoms with Gasteiger partial charge in [-0.05, 0) is 41.7 Å². The SMILES string of the molecule is CC(C)(C)[C@H]1CCc2ccccc2C1. The van der Waals surface area contributed by atoms with Gasteiger partial charge >= 0.3 is 0 Å². The highest BCUT2D eigenvalue weighted by Gasteiger charge is 2.28. The molecule has 0 bridgehead atoms. The van der Waals surface area contributed by atoms with Gasteiger partial charge in [0.25, 0.3) is 0 Å². The summed E-state index contributed by atoms with van der Waals surface area (Å²) in [5.41, 5.74) is 3.62. The molecule has 1 atom stereocenters. The highest BCUT2D eigenvalue weighted by Crippen LogP contribution is 2.36. The van der Waals surface area contributed by atoms with Crippen LogP contribution < -0.4 is 0 Å². The fraction of sp³-hybridized carbons (Fsp3) is 0.571. The number of benzene rings is 1. The largest absolute Gasteiger partial charge is 0.0620 e. The average molecular weight is 188 g/mol. The van der Waals surface area contributed by atoms with Crippen LogP contribution >= 0.6 is 0 Å². The van der Waals surface area contributed by atoms with Crippen molar-refractivity contribution in [1.82, 2.24) is 0 Å². The van der Waals surface area contributed by atoms with Gasteiger partial charge in [-0.3, -0.25) is 0 Å². The molecule has 0 amide bonds. The molecule has 0 saturated carbocycles. The van der Waals surface area contributed by atoms with Crippen LogP contribution in [0.25, 0.3) is 0 Å². The Kier molecular flexibility index (Phi) is 2.38. The van der Waals surface area contributed by atoms with Gasteiger partial charge in [0.05, 0.1) is 0 Å². The summed E-state index contributed by atoms with van der Waals surface area (Å²) in [6.45, 7) is 7.10. The van der Waals surface area contributed by atoms with E-state index in [-0.39, 0.29) is 0 Å². The number of rotatable bonds is 0. The van der Waals surface area contributed by atoms with E-state index in [4.69, 9.17) is 0 Å². The lowest BCUT2D eigenvalue weighted by molar-refractivity contribution is 0.216. The van der Waals surface area contributed by atoms with Gasteiger partial charge in [-0.2, -0.15) is 0 Å². The summed E-state index contributed by atoms with van der Waals surface area (Å²) < 4.78 is 0. The Morgan fingerprint density at radius 3 is 2.36 bits per heavy atom. The summed E-state index contributed by atoms with van der Waals surface area (Å²) >= 11 is 0. The van der Waals surface area contributed by atoms with Crippen LogP contribution in [0.15, 0.2) is 24.3 Å². The van der Waals surface area contributed by atoms with Crippen molar-refractivity contribution in [3.05, 3.63) is 35.4 Å². The van der Waals surface area contributed by atoms with E-state index in [0.29, 0.717) is 5.41 Å². The Morgan fingerprint density at radius 2 is 1.71 bits per heavy atom. The normalized spacial score (nSPS) is 21.8. The monoisotopic (exact) mass is 188 g/mol. The predicted molar refractivity (Wildman–Crippen MR) is 61.4 cm³/mol. The van der Waals surface area contributed by atoms with Gasteiger partial charge in [-0.25, -0.2) is 0 Å². The number of fused-ring (bicyclic) bond motifs is 1. The number of hydrogen-bond acceptors (Lipinski definition) is 0. The van der Waals surface area contributed by atoms with Crippen molar-refractivity contribution in [3.63, 3.8) is 0 Å². The van der Waals surface area contributed by atoms with Crippen LogP contribution in [0.5, 0.6) is 0 Å². The van der Waals surface area contributed by atoms with Crippen molar-refractivity contribution in [2.75, 3.05) is 0 Å². The van der Waals surface area contributed by atoms with Gasteiger partial charge < -0.3 is 0 Å². The Bertz CT molecular complexity index is 317. The van der Waals surface area contributed by atoms with Gasteiger partial charge in [-0.1, -0.05) is 45.0 Å². The van der Waals surface area contributed by atoms with Gasteiger partial charge in [0.15, 0.2) is 0 Å². The van der Waals surface area contributed by atoms with Gasteiger partial charge in [0.1, 0.15) is 0 Å². The second-order valence-corrected chi connectivity index (χ2v) is 5.57. The summed E-state index contributed by atoms with van der Waals surface area (Å²) in [4.78, 5) is 0. The topological polar surface area (TPSA) is 0 Å². The van der Waals surface area contributed by atoms with E-state index in [1.165, 1.54) is 19.3 Å². The first kappa shape index (κ1) is 9.76. The maximum atomic E-state index is 2.37. The second-order valence-electron chi connectivity index (χ2n) is 5.57. The van der Waals surface area contributed by atoms with Crippen LogP contribution in [0, 0.1) is 11.3 Å². The molecule has 0 aliphatic heterocycles. The molecule has 0 spiro atoms. The van der Waals surface area contributed by atoms with E-state index >= 15 is 0 Å². The molecule has 0 fully saturated rings. The van der Waals surface area contributed by atoms with Crippen LogP contribution in [0.3, 0.4) is 0 Å². The van der Waals surface area contributed by atoms with Gasteiger partial charge in [0, 0.05) is 0 Å². The molecule has 14 heavy (non-hydrogen) atoms. The molecule has 2 rings (SSSR count). The summed E-state index contributed by atoms with van der Waals surface area (Å²) in [6.07, 6.45) is 3.91. The van der Waals surface area contributed by atoms with Crippen molar-refractivity contribution in [2.24, 2.45) is 11.3 Å². The van der Waals surface area contributed by atoms with Gasteiger partial charge in [0.2, 0.25) is 0 Å². The maximum absolute atomic E-state index is 2.37. The highest BCUT2D eigenvalue weighted by molar-refractivity contribution is 5.29. The Balaban J connectivity index is 2.22. The summed E-state index contributed by atoms with van der Waals surface area (Å²) in [5.74, 6) is 0.859. The highest BCUT2D eigenvalue weighted by atomic mass is 14.3. The molecule has 1 aliphatic carbocycles. The smallest absolute Gasteiger partial charge is 0.0243 e. The van der Waals surface area contributed by atoms with E-state index in [1.807, 2.05) is 0 Å². The fourth-order valence-corrected chi connectivity index (χ4v) is 2.44. The van der Waals surface area contributed by atoms with Crippen molar-refractivity contribution < 1.29 is 0 Å². The maximum Gasteiger partial charge on any atom is -0.0243 e. The molecule has 1 aromatic carbocycles. The van der Waals surface area contributed by atoms with E-state index in [0.717, 1.165) is 5.92 Å². The number of aryl methyl sites for hydroxylation is 1. The Morgan fingerprint density at radius 1 is 1.07 bits per heavy atom. The Hall–Kier alpha value is -0.780. The standard InChI is InChI=1S/C14H20/c1-14(2,3)13-9-8-11-6-4-5-7-12(11)10-13/h4-7,13H,8-10H2,1-3H3/t13-/m0/s1. The molecular formula is C14H20. The first-order valence-corrected chi connectivity index (χ1v) is 5.64. The van der Waals surface area contributed by atoms with E-state index in [9.17, 15) is 0 Å². The third kappa shape index (κ3) is 1.84. The zero-order valence-corrected chi connectivity index (χ0v) is 9.51. The quantitative estimate of drug-likeness (QED) is 0.580. The number of hydrogen-bond donors (Lipinski definition) is 0. The summed E-state index contributed by atoms with van der Waals surface area (Å²) in [5, 5.41) is 0. The molecule has 0 radical (unpaired) electrons. The lowest BCUT2D eigenvalue weighted by atomic mass is 9.71. The lowest BCUT2D eigenvalue weighted by Gasteiger charge is -2.34. The molecule has 0 heteroatoms. The van der Waals surface area contributed by atoms with Crippen LogP contribution in [-0.4, -0.2) is 0 Å². The van der Waals surface area contributed by atoms with E-state index in [2.05, 4.69) is 45.0 Å². The third-order valence-corrected chi connectivity index (χ3v) is 3.57. The molecule has 0 unspecified atom stereocenters. The van der Waals surface area contributed by atoms with Gasteiger partial charge in [-0.15, -0.1) is 0 Å². The zero-order chi connectivity index (χ0) is 10.2. The van der Waals surface area contributed by atoms with Crippen LogP contribution in [0.1, 0.15) is 38.3 Å². The molecular weight excluding hydrogens is 168 g/mol. The summed E-state index contributed by atoms with van der Waals surface area (Å²) in [7, 11) is 0. The minimum atomic E-state index is 0.466. The first-order valence-electron chi connectivity index (χ1n) is 5.64. The molecule has 0 nitrogen and oxygen atoms in total. The van der Waals surface area contributed by atoms with Crippen molar-refractivity contribution in [2.45, 2.75) is 40.0 Å². The Labute approximate surface area is 87.3 Å². The third-order valence-electron chi connectivity index (χ3n) is 3.57. The summed E-state index contributed by atoms with van der Waals surface area (Å²) in [6, 6.07) is 8.92. The van der Waals surface area contributed by atoms with Crippen LogP contribution in [0.2, 0.25) is 0 Å². The van der Waals surface area contributed by atoms with E-state index < -0.39 is 0 Å². The minimum Gasteiger partial charge on any atom is -0.0620 e. The predicted octanol–water partition coefficient (Wildman–Crippen LogP) is 3.84. The van der Waals surface area contributed by atoms with Crippen molar-refractivity contribution in [3.8, 4) is 0 Å². The van der Waals surface area contributed by atoms with E-state index in [1.54, 1.807) is 11.1 Å². The molecule has 76 valence electrons. The molecule has 0 aromatic heterocycles. The molecule has 0 N–H and O–H groups in total. The zero-order valence-electron chi connectivity index (χ0n) is 9.51. The van der Waals surface area contributed by atoms with Crippen molar-refractivity contribution in [1.29, 1.82) is 0 Å². The first-order chi connectivity index (χ1) is 6.57. The average Bonchev–Trinajstić information content (AvgIpc) is 2.16. The molecule has 1 aromatic rings. The molecule has 0 saturated heterocycles. The lowest BCUT2D eigenvalue weighted by Crippen LogP contribution is -2.26. The van der Waals surface area contributed by atoms with Crippen LogP contribution in [-0.2, 0) is 12.8 Å². The van der Waals surface area contributed by atoms with Crippen molar-refractivity contribution >= 4 is 0 Å². The fourth-order valence-electron chi connectivity index (χ4n) is 2.44. The van der Waals surface area contributed by atoms with Crippen LogP contribution in [0.4, 0.5) is 0 Å². The molecule has 1 aliphatic rings. The molecule has 0 heterocycles. The second kappa shape index (κ2) is 3.42. The minimum absolute atomic E-state index is 0.466.